The maximum absolute atomic E-state index is 6.13. The molecule has 0 aliphatic rings. The molecule has 0 fully saturated rings. The third-order valence-electron chi connectivity index (χ3n) is 3.79. The lowest BCUT2D eigenvalue weighted by atomic mass is 9.96. The number of rotatable bonds is 8. The molecular weight excluding hydrogens is 246 g/mol. The highest BCUT2D eigenvalue weighted by atomic mass is 16.5. The largest absolute Gasteiger partial charge is 0.493 e. The predicted molar refractivity (Wildman–Crippen MR) is 87.5 cm³/mol. The van der Waals surface area contributed by atoms with Crippen molar-refractivity contribution >= 4 is 0 Å². The van der Waals surface area contributed by atoms with Crippen molar-refractivity contribution in [1.29, 1.82) is 0 Å². The lowest BCUT2D eigenvalue weighted by Crippen LogP contribution is -2.26. The number of hydrogen-bond acceptors (Lipinski definition) is 2. The predicted octanol–water partition coefficient (Wildman–Crippen LogP) is 4.40. The second kappa shape index (κ2) is 8.31. The van der Waals surface area contributed by atoms with Crippen LogP contribution in [0.4, 0.5) is 0 Å². The summed E-state index contributed by atoms with van der Waals surface area (Å²) >= 11 is 0. The van der Waals surface area contributed by atoms with Crippen molar-refractivity contribution in [1.82, 2.24) is 0 Å². The fourth-order valence-corrected chi connectivity index (χ4v) is 2.50. The first-order chi connectivity index (χ1) is 9.45. The SMILES string of the molecule is CCCOc1c(C)cc(C)cc1CCCC(N)C(C)C. The highest BCUT2D eigenvalue weighted by Gasteiger charge is 2.11. The minimum absolute atomic E-state index is 0.306. The van der Waals surface area contributed by atoms with Crippen LogP contribution in [0.25, 0.3) is 0 Å². The molecule has 1 aromatic rings. The maximum Gasteiger partial charge on any atom is 0.125 e. The van der Waals surface area contributed by atoms with E-state index in [1.165, 1.54) is 16.7 Å². The van der Waals surface area contributed by atoms with Gasteiger partial charge >= 0.3 is 0 Å². The first-order valence-electron chi connectivity index (χ1n) is 7.94. The van der Waals surface area contributed by atoms with Crippen LogP contribution < -0.4 is 10.5 Å². The van der Waals surface area contributed by atoms with Crippen LogP contribution in [0.15, 0.2) is 12.1 Å². The van der Waals surface area contributed by atoms with Crippen LogP contribution in [0.1, 0.15) is 56.7 Å². The first kappa shape index (κ1) is 17.0. The Bertz CT molecular complexity index is 412. The van der Waals surface area contributed by atoms with E-state index in [1.807, 2.05) is 0 Å². The number of hydrogen-bond donors (Lipinski definition) is 1. The molecule has 1 unspecified atom stereocenters. The monoisotopic (exact) mass is 277 g/mol. The zero-order valence-electron chi connectivity index (χ0n) is 13.8. The van der Waals surface area contributed by atoms with Gasteiger partial charge in [0.1, 0.15) is 5.75 Å². The summed E-state index contributed by atoms with van der Waals surface area (Å²) in [6.45, 7) is 11.6. The van der Waals surface area contributed by atoms with Crippen molar-refractivity contribution in [3.63, 3.8) is 0 Å². The zero-order chi connectivity index (χ0) is 15.1. The van der Waals surface area contributed by atoms with Crippen molar-refractivity contribution in [3.05, 3.63) is 28.8 Å². The van der Waals surface area contributed by atoms with Gasteiger partial charge in [-0.15, -0.1) is 0 Å². The summed E-state index contributed by atoms with van der Waals surface area (Å²) in [5, 5.41) is 0. The minimum Gasteiger partial charge on any atom is -0.493 e. The molecule has 0 aliphatic heterocycles. The van der Waals surface area contributed by atoms with Gasteiger partial charge in [-0.05, 0) is 56.6 Å². The van der Waals surface area contributed by atoms with Gasteiger partial charge < -0.3 is 10.5 Å². The summed E-state index contributed by atoms with van der Waals surface area (Å²) in [5.41, 5.74) is 10.0. The van der Waals surface area contributed by atoms with Crippen molar-refractivity contribution in [2.75, 3.05) is 6.61 Å². The molecule has 0 spiro atoms. The van der Waals surface area contributed by atoms with Gasteiger partial charge in [-0.25, -0.2) is 0 Å². The molecule has 0 amide bonds. The second-order valence-electron chi connectivity index (χ2n) is 6.22. The summed E-state index contributed by atoms with van der Waals surface area (Å²) in [4.78, 5) is 0. The summed E-state index contributed by atoms with van der Waals surface area (Å²) in [6, 6.07) is 4.77. The van der Waals surface area contributed by atoms with E-state index in [9.17, 15) is 0 Å². The summed E-state index contributed by atoms with van der Waals surface area (Å²) in [7, 11) is 0. The van der Waals surface area contributed by atoms with Gasteiger partial charge in [-0.1, -0.05) is 38.5 Å². The van der Waals surface area contributed by atoms with Gasteiger partial charge in [0.15, 0.2) is 0 Å². The van der Waals surface area contributed by atoms with Gasteiger partial charge in [-0.3, -0.25) is 0 Å². The van der Waals surface area contributed by atoms with Crippen LogP contribution in [-0.4, -0.2) is 12.6 Å². The van der Waals surface area contributed by atoms with Gasteiger partial charge in [-0.2, -0.15) is 0 Å². The van der Waals surface area contributed by atoms with Crippen LogP contribution in [0.2, 0.25) is 0 Å². The first-order valence-corrected chi connectivity index (χ1v) is 7.94. The molecule has 0 saturated carbocycles. The second-order valence-corrected chi connectivity index (χ2v) is 6.22. The van der Waals surface area contributed by atoms with Crippen molar-refractivity contribution in [3.8, 4) is 5.75 Å². The Morgan fingerprint density at radius 2 is 1.90 bits per heavy atom. The highest BCUT2D eigenvalue weighted by molar-refractivity contribution is 5.44. The van der Waals surface area contributed by atoms with Gasteiger partial charge in [0.25, 0.3) is 0 Å². The van der Waals surface area contributed by atoms with E-state index >= 15 is 0 Å². The van der Waals surface area contributed by atoms with Gasteiger partial charge in [0, 0.05) is 6.04 Å². The number of aryl methyl sites for hydroxylation is 3. The third-order valence-corrected chi connectivity index (χ3v) is 3.79. The standard InChI is InChI=1S/C18H31NO/c1-6-10-20-18-15(5)11-14(4)12-16(18)8-7-9-17(19)13(2)3/h11-13,17H,6-10,19H2,1-5H3. The molecule has 114 valence electrons. The molecule has 0 aromatic heterocycles. The molecule has 0 aliphatic carbocycles. The average molecular weight is 277 g/mol. The molecule has 0 radical (unpaired) electrons. The van der Waals surface area contributed by atoms with E-state index in [1.54, 1.807) is 0 Å². The zero-order valence-corrected chi connectivity index (χ0v) is 13.8. The highest BCUT2D eigenvalue weighted by Crippen LogP contribution is 2.27. The third kappa shape index (κ3) is 5.16. The van der Waals surface area contributed by atoms with E-state index < -0.39 is 0 Å². The van der Waals surface area contributed by atoms with E-state index in [0.29, 0.717) is 12.0 Å². The minimum atomic E-state index is 0.306. The van der Waals surface area contributed by atoms with E-state index in [4.69, 9.17) is 10.5 Å². The lowest BCUT2D eigenvalue weighted by molar-refractivity contribution is 0.311. The number of benzene rings is 1. The molecule has 1 atom stereocenters. The molecule has 20 heavy (non-hydrogen) atoms. The van der Waals surface area contributed by atoms with Crippen molar-refractivity contribution in [2.24, 2.45) is 11.7 Å². The van der Waals surface area contributed by atoms with Gasteiger partial charge in [0.05, 0.1) is 6.61 Å². The molecular formula is C18H31NO. The molecule has 1 rings (SSSR count). The van der Waals surface area contributed by atoms with E-state index in [0.717, 1.165) is 38.0 Å². The fourth-order valence-electron chi connectivity index (χ4n) is 2.50. The van der Waals surface area contributed by atoms with E-state index in [2.05, 4.69) is 46.8 Å². The summed E-state index contributed by atoms with van der Waals surface area (Å²) < 4.78 is 5.95. The number of ether oxygens (including phenoxy) is 1. The summed E-state index contributed by atoms with van der Waals surface area (Å²) in [5.74, 6) is 1.65. The van der Waals surface area contributed by atoms with Crippen LogP contribution in [-0.2, 0) is 6.42 Å². The quantitative estimate of drug-likeness (QED) is 0.764. The lowest BCUT2D eigenvalue weighted by Gasteiger charge is -2.17. The number of nitrogens with two attached hydrogens (primary N) is 1. The molecule has 2 nitrogen and oxygen atoms in total. The van der Waals surface area contributed by atoms with Crippen LogP contribution in [0, 0.1) is 19.8 Å². The molecule has 2 N–H and O–H groups in total. The maximum atomic E-state index is 6.13. The molecule has 0 bridgehead atoms. The van der Waals surface area contributed by atoms with Crippen molar-refractivity contribution < 1.29 is 4.74 Å². The summed E-state index contributed by atoms with van der Waals surface area (Å²) in [6.07, 6.45) is 4.32. The van der Waals surface area contributed by atoms with Crippen LogP contribution in [0.5, 0.6) is 5.75 Å². The fraction of sp³-hybridized carbons (Fsp3) is 0.667. The van der Waals surface area contributed by atoms with Crippen LogP contribution >= 0.6 is 0 Å². The molecule has 1 aromatic carbocycles. The van der Waals surface area contributed by atoms with Crippen molar-refractivity contribution in [2.45, 2.75) is 66.3 Å². The van der Waals surface area contributed by atoms with E-state index in [-0.39, 0.29) is 0 Å². The Labute approximate surface area is 124 Å². The average Bonchev–Trinajstić information content (AvgIpc) is 2.37. The Balaban J connectivity index is 2.71. The Kier molecular flexibility index (Phi) is 7.08. The molecule has 2 heteroatoms. The Morgan fingerprint density at radius 1 is 1.20 bits per heavy atom. The van der Waals surface area contributed by atoms with Crippen LogP contribution in [0.3, 0.4) is 0 Å². The Hall–Kier alpha value is -1.02. The molecule has 0 heterocycles. The topological polar surface area (TPSA) is 35.2 Å². The van der Waals surface area contributed by atoms with Gasteiger partial charge in [0.2, 0.25) is 0 Å². The normalized spacial score (nSPS) is 12.8. The Morgan fingerprint density at radius 3 is 2.50 bits per heavy atom. The smallest absolute Gasteiger partial charge is 0.125 e. The molecule has 0 saturated heterocycles.